The van der Waals surface area contributed by atoms with Crippen molar-refractivity contribution < 1.29 is 14.4 Å². The van der Waals surface area contributed by atoms with E-state index in [1.165, 1.54) is 24.0 Å². The van der Waals surface area contributed by atoms with Crippen LogP contribution in [0.4, 0.5) is 0 Å². The standard InChI is InChI=1S/C22H30N2O3/c1-2-26-22(25)20-11-7-13-24(17-20)14-15-27-23-16-19-10-5-6-12-21(19)18-8-3-4-9-18/h5-6,8,10,12,16,20H,2-4,7,9,11,13-15,17H2,1H3. The van der Waals surface area contributed by atoms with Crippen molar-refractivity contribution in [1.29, 1.82) is 0 Å². The lowest BCUT2D eigenvalue weighted by Gasteiger charge is -2.30. The van der Waals surface area contributed by atoms with Gasteiger partial charge in [-0.1, -0.05) is 35.5 Å². The van der Waals surface area contributed by atoms with Gasteiger partial charge in [-0.25, -0.2) is 0 Å². The molecule has 0 bridgehead atoms. The molecular weight excluding hydrogens is 340 g/mol. The van der Waals surface area contributed by atoms with Crippen molar-refractivity contribution in [3.05, 3.63) is 41.5 Å². The summed E-state index contributed by atoms with van der Waals surface area (Å²) < 4.78 is 5.15. The third-order valence-electron chi connectivity index (χ3n) is 5.24. The normalized spacial score (nSPS) is 20.6. The van der Waals surface area contributed by atoms with Crippen LogP contribution in [0, 0.1) is 5.92 Å². The summed E-state index contributed by atoms with van der Waals surface area (Å²) in [6.45, 7) is 5.36. The number of rotatable bonds is 8. The summed E-state index contributed by atoms with van der Waals surface area (Å²) in [7, 11) is 0. The molecule has 2 aliphatic rings. The number of carbonyl (C=O) groups excluding carboxylic acids is 1. The van der Waals surface area contributed by atoms with Gasteiger partial charge in [-0.3, -0.25) is 9.69 Å². The largest absolute Gasteiger partial charge is 0.466 e. The van der Waals surface area contributed by atoms with Crippen molar-refractivity contribution in [3.63, 3.8) is 0 Å². The molecular formula is C22H30N2O3. The highest BCUT2D eigenvalue weighted by atomic mass is 16.6. The Morgan fingerprint density at radius 2 is 2.22 bits per heavy atom. The molecule has 5 heteroatoms. The molecule has 146 valence electrons. The van der Waals surface area contributed by atoms with Gasteiger partial charge in [0.15, 0.2) is 0 Å². The Kier molecular flexibility index (Phi) is 7.45. The van der Waals surface area contributed by atoms with Gasteiger partial charge in [-0.05, 0) is 56.7 Å². The van der Waals surface area contributed by atoms with E-state index in [1.54, 1.807) is 0 Å². The monoisotopic (exact) mass is 370 g/mol. The van der Waals surface area contributed by atoms with E-state index in [0.717, 1.165) is 44.5 Å². The number of likely N-dealkylation sites (tertiary alicyclic amines) is 1. The van der Waals surface area contributed by atoms with Crippen LogP contribution in [0.25, 0.3) is 5.57 Å². The molecule has 27 heavy (non-hydrogen) atoms. The molecule has 0 amide bonds. The number of oxime groups is 1. The Bertz CT molecular complexity index is 684. The van der Waals surface area contributed by atoms with Crippen LogP contribution in [0.2, 0.25) is 0 Å². The average molecular weight is 370 g/mol. The molecule has 0 radical (unpaired) electrons. The zero-order chi connectivity index (χ0) is 18.9. The Labute approximate surface area is 162 Å². The van der Waals surface area contributed by atoms with Crippen LogP contribution in [-0.2, 0) is 14.4 Å². The van der Waals surface area contributed by atoms with E-state index in [2.05, 4.69) is 34.3 Å². The molecule has 1 aromatic rings. The molecule has 1 unspecified atom stereocenters. The van der Waals surface area contributed by atoms with E-state index < -0.39 is 0 Å². The van der Waals surface area contributed by atoms with Crippen LogP contribution < -0.4 is 0 Å². The maximum Gasteiger partial charge on any atom is 0.310 e. The molecule has 1 aromatic carbocycles. The molecule has 0 saturated carbocycles. The van der Waals surface area contributed by atoms with Gasteiger partial charge in [-0.15, -0.1) is 0 Å². The van der Waals surface area contributed by atoms with Crippen LogP contribution >= 0.6 is 0 Å². The van der Waals surface area contributed by atoms with E-state index in [4.69, 9.17) is 9.57 Å². The van der Waals surface area contributed by atoms with Gasteiger partial charge >= 0.3 is 5.97 Å². The quantitative estimate of drug-likeness (QED) is 0.302. The molecule has 1 aliphatic carbocycles. The maximum absolute atomic E-state index is 11.9. The first-order valence-corrected chi connectivity index (χ1v) is 10.1. The number of benzene rings is 1. The summed E-state index contributed by atoms with van der Waals surface area (Å²) in [5, 5.41) is 4.17. The van der Waals surface area contributed by atoms with Gasteiger partial charge in [0, 0.05) is 18.7 Å². The third kappa shape index (κ3) is 5.67. The molecule has 1 fully saturated rings. The fourth-order valence-corrected chi connectivity index (χ4v) is 3.85. The smallest absolute Gasteiger partial charge is 0.310 e. The van der Waals surface area contributed by atoms with Gasteiger partial charge in [0.2, 0.25) is 0 Å². The molecule has 3 rings (SSSR count). The maximum atomic E-state index is 11.9. The summed E-state index contributed by atoms with van der Waals surface area (Å²) in [5.74, 6) is -0.0762. The summed E-state index contributed by atoms with van der Waals surface area (Å²) >= 11 is 0. The summed E-state index contributed by atoms with van der Waals surface area (Å²) in [6.07, 6.45) is 9.62. The highest BCUT2D eigenvalue weighted by Gasteiger charge is 2.26. The molecule has 0 N–H and O–H groups in total. The molecule has 0 aromatic heterocycles. The highest BCUT2D eigenvalue weighted by molar-refractivity contribution is 5.88. The Morgan fingerprint density at radius 3 is 3.04 bits per heavy atom. The fraction of sp³-hybridized carbons (Fsp3) is 0.545. The Morgan fingerprint density at radius 1 is 1.33 bits per heavy atom. The van der Waals surface area contributed by atoms with E-state index >= 15 is 0 Å². The zero-order valence-corrected chi connectivity index (χ0v) is 16.2. The van der Waals surface area contributed by atoms with Crippen molar-refractivity contribution in [2.75, 3.05) is 32.8 Å². The molecule has 5 nitrogen and oxygen atoms in total. The summed E-state index contributed by atoms with van der Waals surface area (Å²) in [5.41, 5.74) is 3.78. The molecule has 1 aliphatic heterocycles. The first kappa shape index (κ1) is 19.6. The topological polar surface area (TPSA) is 51.1 Å². The number of hydrogen-bond donors (Lipinski definition) is 0. The number of piperidine rings is 1. The SMILES string of the molecule is CCOC(=O)C1CCCN(CCON=Cc2ccccc2C2=CCCC2)C1. The highest BCUT2D eigenvalue weighted by Crippen LogP contribution is 2.29. The second-order valence-electron chi connectivity index (χ2n) is 7.17. The predicted octanol–water partition coefficient (Wildman–Crippen LogP) is 3.88. The average Bonchev–Trinajstić information content (AvgIpc) is 3.23. The summed E-state index contributed by atoms with van der Waals surface area (Å²) in [6, 6.07) is 8.34. The first-order valence-electron chi connectivity index (χ1n) is 10.1. The number of nitrogens with zero attached hydrogens (tertiary/aromatic N) is 2. The Hall–Kier alpha value is -2.14. The van der Waals surface area contributed by atoms with E-state index in [9.17, 15) is 4.79 Å². The number of esters is 1. The number of carbonyl (C=O) groups is 1. The van der Waals surface area contributed by atoms with Crippen LogP contribution in [-0.4, -0.2) is 49.9 Å². The lowest BCUT2D eigenvalue weighted by Crippen LogP contribution is -2.40. The first-order chi connectivity index (χ1) is 13.3. The number of ether oxygens (including phenoxy) is 1. The molecule has 1 atom stereocenters. The van der Waals surface area contributed by atoms with Crippen molar-refractivity contribution >= 4 is 17.8 Å². The Balaban J connectivity index is 1.44. The van der Waals surface area contributed by atoms with Crippen molar-refractivity contribution in [1.82, 2.24) is 4.90 Å². The number of hydrogen-bond acceptors (Lipinski definition) is 5. The van der Waals surface area contributed by atoms with Crippen LogP contribution in [0.15, 0.2) is 35.5 Å². The second-order valence-corrected chi connectivity index (χ2v) is 7.17. The van der Waals surface area contributed by atoms with Gasteiger partial charge in [0.05, 0.1) is 18.7 Å². The molecule has 0 spiro atoms. The number of allylic oxidation sites excluding steroid dienone is 2. The fourth-order valence-electron chi connectivity index (χ4n) is 3.85. The van der Waals surface area contributed by atoms with E-state index in [1.807, 2.05) is 19.2 Å². The lowest BCUT2D eigenvalue weighted by molar-refractivity contribution is -0.150. The molecule has 1 saturated heterocycles. The predicted molar refractivity (Wildman–Crippen MR) is 108 cm³/mol. The minimum Gasteiger partial charge on any atom is -0.466 e. The second kappa shape index (κ2) is 10.3. The lowest BCUT2D eigenvalue weighted by atomic mass is 9.98. The van der Waals surface area contributed by atoms with Crippen molar-refractivity contribution in [2.24, 2.45) is 11.1 Å². The summed E-state index contributed by atoms with van der Waals surface area (Å²) in [4.78, 5) is 19.7. The third-order valence-corrected chi connectivity index (χ3v) is 5.24. The van der Waals surface area contributed by atoms with Gasteiger partial charge < -0.3 is 9.57 Å². The van der Waals surface area contributed by atoms with E-state index in [-0.39, 0.29) is 11.9 Å². The minimum atomic E-state index is -0.0704. The van der Waals surface area contributed by atoms with Gasteiger partial charge in [-0.2, -0.15) is 0 Å². The van der Waals surface area contributed by atoms with Crippen molar-refractivity contribution in [3.8, 4) is 0 Å². The van der Waals surface area contributed by atoms with Gasteiger partial charge in [0.25, 0.3) is 0 Å². The zero-order valence-electron chi connectivity index (χ0n) is 16.2. The van der Waals surface area contributed by atoms with Crippen LogP contribution in [0.3, 0.4) is 0 Å². The van der Waals surface area contributed by atoms with Crippen molar-refractivity contribution in [2.45, 2.75) is 39.0 Å². The van der Waals surface area contributed by atoms with Crippen LogP contribution in [0.5, 0.6) is 0 Å². The van der Waals surface area contributed by atoms with E-state index in [0.29, 0.717) is 13.2 Å². The minimum absolute atomic E-state index is 0.00577. The molecule has 1 heterocycles. The van der Waals surface area contributed by atoms with Gasteiger partial charge in [0.1, 0.15) is 6.61 Å². The van der Waals surface area contributed by atoms with Crippen LogP contribution in [0.1, 0.15) is 50.2 Å².